The first-order valence-electron chi connectivity index (χ1n) is 13.4. The van der Waals surface area contributed by atoms with Crippen molar-refractivity contribution in [1.29, 1.82) is 0 Å². The minimum atomic E-state index is -0.913. The summed E-state index contributed by atoms with van der Waals surface area (Å²) in [6.07, 6.45) is 7.21. The first-order chi connectivity index (χ1) is 18.5. The molecule has 0 aromatic heterocycles. The fraction of sp³-hybridized carbons (Fsp3) is 0.517. The molecule has 1 heterocycles. The molecule has 0 spiro atoms. The van der Waals surface area contributed by atoms with Crippen LogP contribution >= 0.6 is 11.6 Å². The summed E-state index contributed by atoms with van der Waals surface area (Å²) >= 11 is 6.09. The number of ether oxygens (including phenoxy) is 4. The number of nitrogens with one attached hydrogen (secondary N) is 1. The number of carbonyl (C=O) groups is 2. The van der Waals surface area contributed by atoms with Crippen LogP contribution in [0.1, 0.15) is 69.0 Å². The number of amides is 2. The van der Waals surface area contributed by atoms with E-state index in [-0.39, 0.29) is 37.1 Å². The SMILES string of the molecule is CCCOc1ccc(C(C(=O)NC2CCCCCC2)N(Cc2ccc3c(c2)OCO3)C(=O)CCl)cc1OC. The fourth-order valence-electron chi connectivity index (χ4n) is 5.00. The number of alkyl halides is 1. The van der Waals surface area contributed by atoms with E-state index in [1.807, 2.05) is 31.2 Å². The van der Waals surface area contributed by atoms with Crippen LogP contribution in [0.4, 0.5) is 0 Å². The van der Waals surface area contributed by atoms with Crippen molar-refractivity contribution in [2.24, 2.45) is 0 Å². The summed E-state index contributed by atoms with van der Waals surface area (Å²) in [5, 5.41) is 3.24. The van der Waals surface area contributed by atoms with Gasteiger partial charge >= 0.3 is 0 Å². The molecule has 1 fully saturated rings. The topological polar surface area (TPSA) is 86.3 Å². The molecule has 2 aliphatic rings. The Morgan fingerprint density at radius 2 is 1.82 bits per heavy atom. The summed E-state index contributed by atoms with van der Waals surface area (Å²) in [5.41, 5.74) is 1.42. The Labute approximate surface area is 229 Å². The van der Waals surface area contributed by atoms with Crippen LogP contribution in [0.25, 0.3) is 0 Å². The van der Waals surface area contributed by atoms with E-state index in [4.69, 9.17) is 30.5 Å². The van der Waals surface area contributed by atoms with Crippen molar-refractivity contribution in [2.45, 2.75) is 70.5 Å². The van der Waals surface area contributed by atoms with Crippen molar-refractivity contribution in [2.75, 3.05) is 26.4 Å². The van der Waals surface area contributed by atoms with Crippen LogP contribution in [-0.4, -0.2) is 49.1 Å². The smallest absolute Gasteiger partial charge is 0.247 e. The third-order valence-corrected chi connectivity index (χ3v) is 7.18. The lowest BCUT2D eigenvalue weighted by Crippen LogP contribution is -2.46. The molecule has 1 aliphatic heterocycles. The molecule has 1 N–H and O–H groups in total. The molecule has 0 saturated heterocycles. The van der Waals surface area contributed by atoms with E-state index in [2.05, 4.69) is 5.32 Å². The van der Waals surface area contributed by atoms with Gasteiger partial charge in [-0.05, 0) is 54.7 Å². The Bertz CT molecular complexity index is 1100. The number of hydrogen-bond donors (Lipinski definition) is 1. The number of nitrogens with zero attached hydrogens (tertiary/aromatic N) is 1. The van der Waals surface area contributed by atoms with E-state index in [1.54, 1.807) is 19.2 Å². The maximum Gasteiger partial charge on any atom is 0.247 e. The van der Waals surface area contributed by atoms with Crippen LogP contribution in [-0.2, 0) is 16.1 Å². The maximum absolute atomic E-state index is 14.0. The van der Waals surface area contributed by atoms with Gasteiger partial charge in [0.25, 0.3) is 0 Å². The van der Waals surface area contributed by atoms with Crippen LogP contribution in [0.5, 0.6) is 23.0 Å². The highest BCUT2D eigenvalue weighted by atomic mass is 35.5. The Kier molecular flexibility index (Phi) is 9.98. The quantitative estimate of drug-likeness (QED) is 0.303. The molecule has 2 aromatic carbocycles. The van der Waals surface area contributed by atoms with Gasteiger partial charge in [-0.1, -0.05) is 44.7 Å². The Morgan fingerprint density at radius 1 is 1.05 bits per heavy atom. The monoisotopic (exact) mass is 544 g/mol. The molecule has 1 unspecified atom stereocenters. The molecule has 0 bridgehead atoms. The van der Waals surface area contributed by atoms with Gasteiger partial charge in [-0.3, -0.25) is 9.59 Å². The largest absolute Gasteiger partial charge is 0.493 e. The second kappa shape index (κ2) is 13.6. The van der Waals surface area contributed by atoms with Crippen LogP contribution in [0, 0.1) is 0 Å². The van der Waals surface area contributed by atoms with Gasteiger partial charge < -0.3 is 29.2 Å². The number of methoxy groups -OCH3 is 1. The number of rotatable bonds is 11. The number of hydrogen-bond acceptors (Lipinski definition) is 6. The summed E-state index contributed by atoms with van der Waals surface area (Å²) in [6, 6.07) is 10.0. The van der Waals surface area contributed by atoms with Gasteiger partial charge in [0.1, 0.15) is 11.9 Å². The van der Waals surface area contributed by atoms with Gasteiger partial charge in [0.05, 0.1) is 13.7 Å². The highest BCUT2D eigenvalue weighted by Crippen LogP contribution is 2.36. The molecule has 2 amide bonds. The molecule has 1 saturated carbocycles. The zero-order chi connectivity index (χ0) is 26.9. The normalized spacial score (nSPS) is 15.9. The van der Waals surface area contributed by atoms with Gasteiger partial charge in [0.15, 0.2) is 23.0 Å². The van der Waals surface area contributed by atoms with Gasteiger partial charge in [-0.15, -0.1) is 11.6 Å². The minimum absolute atomic E-state index is 0.0695. The predicted octanol–water partition coefficient (Wildman–Crippen LogP) is 5.36. The molecule has 1 atom stereocenters. The lowest BCUT2D eigenvalue weighted by molar-refractivity contribution is -0.140. The number of fused-ring (bicyclic) bond motifs is 1. The predicted molar refractivity (Wildman–Crippen MR) is 145 cm³/mol. The number of carbonyl (C=O) groups excluding carboxylic acids is 2. The highest BCUT2D eigenvalue weighted by molar-refractivity contribution is 6.27. The summed E-state index contributed by atoms with van der Waals surface area (Å²) < 4.78 is 22.4. The number of benzene rings is 2. The summed E-state index contributed by atoms with van der Waals surface area (Å²) in [5.74, 6) is 1.51. The molecule has 0 radical (unpaired) electrons. The van der Waals surface area contributed by atoms with Crippen LogP contribution in [0.3, 0.4) is 0 Å². The molecule has 38 heavy (non-hydrogen) atoms. The van der Waals surface area contributed by atoms with Gasteiger partial charge in [0.2, 0.25) is 18.6 Å². The van der Waals surface area contributed by atoms with Gasteiger partial charge in [-0.25, -0.2) is 0 Å². The Balaban J connectivity index is 1.69. The average Bonchev–Trinajstić information content (AvgIpc) is 3.26. The highest BCUT2D eigenvalue weighted by Gasteiger charge is 2.33. The molecule has 2 aromatic rings. The summed E-state index contributed by atoms with van der Waals surface area (Å²) in [4.78, 5) is 28.8. The first-order valence-corrected chi connectivity index (χ1v) is 13.9. The van der Waals surface area contributed by atoms with Crippen molar-refractivity contribution in [3.8, 4) is 23.0 Å². The molecule has 9 heteroatoms. The fourth-order valence-corrected chi connectivity index (χ4v) is 5.15. The van der Waals surface area contributed by atoms with Crippen LogP contribution in [0.2, 0.25) is 0 Å². The molecule has 1 aliphatic carbocycles. The Morgan fingerprint density at radius 3 is 2.53 bits per heavy atom. The number of halogens is 1. The second-order valence-electron chi connectivity index (χ2n) is 9.70. The molecular formula is C29H37ClN2O6. The molecule has 4 rings (SSSR count). The van der Waals surface area contributed by atoms with E-state index in [0.717, 1.165) is 37.7 Å². The third kappa shape index (κ3) is 6.84. The van der Waals surface area contributed by atoms with E-state index >= 15 is 0 Å². The molecule has 8 nitrogen and oxygen atoms in total. The van der Waals surface area contributed by atoms with E-state index in [0.29, 0.717) is 35.2 Å². The van der Waals surface area contributed by atoms with Crippen molar-refractivity contribution in [3.63, 3.8) is 0 Å². The van der Waals surface area contributed by atoms with Crippen LogP contribution < -0.4 is 24.3 Å². The summed E-state index contributed by atoms with van der Waals surface area (Å²) in [7, 11) is 1.56. The lowest BCUT2D eigenvalue weighted by atomic mass is 10.0. The van der Waals surface area contributed by atoms with Crippen LogP contribution in [0.15, 0.2) is 36.4 Å². The second-order valence-corrected chi connectivity index (χ2v) is 9.97. The zero-order valence-electron chi connectivity index (χ0n) is 22.2. The third-order valence-electron chi connectivity index (χ3n) is 6.95. The average molecular weight is 545 g/mol. The van der Waals surface area contributed by atoms with Gasteiger partial charge in [0, 0.05) is 12.6 Å². The Hall–Kier alpha value is -3.13. The minimum Gasteiger partial charge on any atom is -0.493 e. The molecule has 206 valence electrons. The standard InChI is InChI=1S/C29H37ClN2O6/c1-3-14-36-23-13-11-21(16-25(23)35-2)28(29(34)31-22-8-6-4-5-7-9-22)32(27(33)17-30)18-20-10-12-24-26(15-20)38-19-37-24/h10-13,15-16,22,28H,3-9,14,17-19H2,1-2H3,(H,31,34). The van der Waals surface area contributed by atoms with Crippen molar-refractivity contribution in [1.82, 2.24) is 10.2 Å². The van der Waals surface area contributed by atoms with Gasteiger partial charge in [-0.2, -0.15) is 0 Å². The van der Waals surface area contributed by atoms with Crippen molar-refractivity contribution >= 4 is 23.4 Å². The van der Waals surface area contributed by atoms with E-state index < -0.39 is 6.04 Å². The van der Waals surface area contributed by atoms with E-state index in [9.17, 15) is 9.59 Å². The van der Waals surface area contributed by atoms with Crippen molar-refractivity contribution < 1.29 is 28.5 Å². The maximum atomic E-state index is 14.0. The van der Waals surface area contributed by atoms with E-state index in [1.165, 1.54) is 17.7 Å². The zero-order valence-corrected chi connectivity index (χ0v) is 22.9. The first kappa shape index (κ1) is 27.9. The summed E-state index contributed by atoms with van der Waals surface area (Å²) in [6.45, 7) is 2.89. The lowest BCUT2D eigenvalue weighted by Gasteiger charge is -2.32. The molecular weight excluding hydrogens is 508 g/mol. The van der Waals surface area contributed by atoms with Crippen molar-refractivity contribution in [3.05, 3.63) is 47.5 Å².